The van der Waals surface area contributed by atoms with E-state index < -0.39 is 6.04 Å². The van der Waals surface area contributed by atoms with Gasteiger partial charge in [-0.3, -0.25) is 14.5 Å². The Labute approximate surface area is 158 Å². The summed E-state index contributed by atoms with van der Waals surface area (Å²) in [6.07, 6.45) is 0. The number of aryl methyl sites for hydroxylation is 1. The molecule has 1 fully saturated rings. The highest BCUT2D eigenvalue weighted by atomic mass is 19.1. The third kappa shape index (κ3) is 3.71. The van der Waals surface area contributed by atoms with Crippen molar-refractivity contribution in [3.05, 3.63) is 65.0 Å². The molecule has 3 rings (SSSR count). The zero-order chi connectivity index (χ0) is 19.6. The average molecular weight is 370 g/mol. The fraction of sp³-hybridized carbons (Fsp3) is 0.333. The molecule has 0 spiro atoms. The molecule has 0 unspecified atom stereocenters. The summed E-state index contributed by atoms with van der Waals surface area (Å²) in [6.45, 7) is 4.57. The lowest BCUT2D eigenvalue weighted by Gasteiger charge is -2.41. The van der Waals surface area contributed by atoms with Crippen LogP contribution in [0.15, 0.2) is 42.5 Å². The van der Waals surface area contributed by atoms with Gasteiger partial charge < -0.3 is 9.64 Å². The number of halogens is 1. The molecule has 5 nitrogen and oxygen atoms in total. The molecular formula is C21H23FN2O3. The lowest BCUT2D eigenvalue weighted by atomic mass is 9.98. The Morgan fingerprint density at radius 1 is 1.11 bits per heavy atom. The van der Waals surface area contributed by atoms with Crippen LogP contribution in [-0.4, -0.2) is 43.5 Å². The molecule has 6 heteroatoms. The van der Waals surface area contributed by atoms with Crippen LogP contribution in [0.4, 0.5) is 10.1 Å². The van der Waals surface area contributed by atoms with Crippen LogP contribution in [0.25, 0.3) is 0 Å². The molecule has 1 atom stereocenters. The quantitative estimate of drug-likeness (QED) is 0.813. The number of benzene rings is 2. The lowest BCUT2D eigenvalue weighted by Crippen LogP contribution is -2.56. The Hall–Kier alpha value is -2.73. The van der Waals surface area contributed by atoms with Crippen LogP contribution >= 0.6 is 0 Å². The third-order valence-corrected chi connectivity index (χ3v) is 4.99. The van der Waals surface area contributed by atoms with Gasteiger partial charge in [0.2, 0.25) is 5.91 Å². The van der Waals surface area contributed by atoms with E-state index in [0.29, 0.717) is 24.4 Å². The number of amides is 2. The molecule has 0 aromatic heterocycles. The van der Waals surface area contributed by atoms with Gasteiger partial charge in [-0.05, 0) is 48.7 Å². The number of hydrogen-bond acceptors (Lipinski definition) is 3. The largest absolute Gasteiger partial charge is 0.383 e. The number of anilines is 1. The van der Waals surface area contributed by atoms with Crippen LogP contribution < -0.4 is 4.90 Å². The van der Waals surface area contributed by atoms with Gasteiger partial charge in [-0.25, -0.2) is 4.39 Å². The summed E-state index contributed by atoms with van der Waals surface area (Å²) < 4.78 is 18.5. The van der Waals surface area contributed by atoms with Crippen molar-refractivity contribution >= 4 is 17.5 Å². The van der Waals surface area contributed by atoms with E-state index in [1.54, 1.807) is 24.1 Å². The summed E-state index contributed by atoms with van der Waals surface area (Å²) in [5, 5.41) is 0. The minimum atomic E-state index is -0.829. The Morgan fingerprint density at radius 2 is 1.81 bits per heavy atom. The van der Waals surface area contributed by atoms with Crippen LogP contribution in [0.2, 0.25) is 0 Å². The number of methoxy groups -OCH3 is 1. The third-order valence-electron chi connectivity index (χ3n) is 4.99. The van der Waals surface area contributed by atoms with Crippen LogP contribution in [-0.2, 0) is 14.3 Å². The smallest absolute Gasteiger partial charge is 0.250 e. The molecule has 2 aromatic carbocycles. The molecule has 0 N–H and O–H groups in total. The lowest BCUT2D eigenvalue weighted by molar-refractivity contribution is -0.142. The molecule has 1 saturated heterocycles. The van der Waals surface area contributed by atoms with E-state index in [4.69, 9.17) is 4.74 Å². The standard InChI is InChI=1S/C21H23FN2O3/c1-14-5-4-6-18(15(14)2)24-19(25)13-23(11-12-27-3)21(26)20(24)16-7-9-17(22)10-8-16/h4-10,20H,11-13H2,1-3H3/t20-/m1/s1. The van der Waals surface area contributed by atoms with Crippen LogP contribution in [0.1, 0.15) is 22.7 Å². The predicted octanol–water partition coefficient (Wildman–Crippen LogP) is 3.01. The Kier molecular flexibility index (Phi) is 5.56. The Morgan fingerprint density at radius 3 is 2.48 bits per heavy atom. The fourth-order valence-corrected chi connectivity index (χ4v) is 3.34. The molecule has 142 valence electrons. The first-order valence-electron chi connectivity index (χ1n) is 8.85. The maximum Gasteiger partial charge on any atom is 0.250 e. The van der Waals surface area contributed by atoms with Gasteiger partial charge in [-0.2, -0.15) is 0 Å². The average Bonchev–Trinajstić information content (AvgIpc) is 2.65. The predicted molar refractivity (Wildman–Crippen MR) is 101 cm³/mol. The number of ether oxygens (including phenoxy) is 1. The number of carbonyl (C=O) groups is 2. The van der Waals surface area contributed by atoms with Gasteiger partial charge in [0, 0.05) is 19.3 Å². The molecule has 0 saturated carbocycles. The molecule has 0 bridgehead atoms. The number of carbonyl (C=O) groups excluding carboxylic acids is 2. The highest BCUT2D eigenvalue weighted by Gasteiger charge is 2.41. The minimum absolute atomic E-state index is 0.00668. The van der Waals surface area contributed by atoms with Gasteiger partial charge in [0.25, 0.3) is 5.91 Å². The first kappa shape index (κ1) is 19.0. The molecule has 0 aliphatic carbocycles. The number of nitrogens with zero attached hydrogens (tertiary/aromatic N) is 2. The van der Waals surface area contributed by atoms with E-state index in [0.717, 1.165) is 11.1 Å². The SMILES string of the molecule is COCCN1CC(=O)N(c2cccc(C)c2C)[C@H](c2ccc(F)cc2)C1=O. The molecule has 2 amide bonds. The molecule has 1 aliphatic heterocycles. The molecular weight excluding hydrogens is 347 g/mol. The summed E-state index contributed by atoms with van der Waals surface area (Å²) in [5.41, 5.74) is 3.26. The van der Waals surface area contributed by atoms with Gasteiger partial charge in [-0.15, -0.1) is 0 Å². The van der Waals surface area contributed by atoms with E-state index in [1.165, 1.54) is 17.0 Å². The van der Waals surface area contributed by atoms with Crippen molar-refractivity contribution in [2.24, 2.45) is 0 Å². The first-order valence-corrected chi connectivity index (χ1v) is 8.85. The van der Waals surface area contributed by atoms with Gasteiger partial charge in [-0.1, -0.05) is 24.3 Å². The molecule has 2 aromatic rings. The highest BCUT2D eigenvalue weighted by Crippen LogP contribution is 2.35. The summed E-state index contributed by atoms with van der Waals surface area (Å²) in [6, 6.07) is 10.6. The number of rotatable bonds is 5. The first-order chi connectivity index (χ1) is 12.9. The van der Waals surface area contributed by atoms with Crippen molar-refractivity contribution in [3.8, 4) is 0 Å². The summed E-state index contributed by atoms with van der Waals surface area (Å²) in [5.74, 6) is -0.754. The zero-order valence-corrected chi connectivity index (χ0v) is 15.7. The fourth-order valence-electron chi connectivity index (χ4n) is 3.34. The van der Waals surface area contributed by atoms with E-state index in [-0.39, 0.29) is 24.2 Å². The van der Waals surface area contributed by atoms with E-state index >= 15 is 0 Å². The number of piperazine rings is 1. The Balaban J connectivity index is 2.09. The second-order valence-electron chi connectivity index (χ2n) is 6.69. The van der Waals surface area contributed by atoms with Crippen molar-refractivity contribution in [2.45, 2.75) is 19.9 Å². The van der Waals surface area contributed by atoms with E-state index in [9.17, 15) is 14.0 Å². The van der Waals surface area contributed by atoms with Gasteiger partial charge in [0.1, 0.15) is 18.4 Å². The summed E-state index contributed by atoms with van der Waals surface area (Å²) >= 11 is 0. The maximum atomic E-state index is 13.4. The van der Waals surface area contributed by atoms with Gasteiger partial charge in [0.05, 0.1) is 6.61 Å². The van der Waals surface area contributed by atoms with Crippen molar-refractivity contribution in [1.29, 1.82) is 0 Å². The second kappa shape index (κ2) is 7.88. The second-order valence-corrected chi connectivity index (χ2v) is 6.69. The molecule has 1 heterocycles. The topological polar surface area (TPSA) is 49.9 Å². The van der Waals surface area contributed by atoms with E-state index in [1.807, 2.05) is 32.0 Å². The van der Waals surface area contributed by atoms with Crippen LogP contribution in [0.3, 0.4) is 0 Å². The van der Waals surface area contributed by atoms with Crippen molar-refractivity contribution in [2.75, 3.05) is 31.7 Å². The van der Waals surface area contributed by atoms with Gasteiger partial charge in [0.15, 0.2) is 0 Å². The maximum absolute atomic E-state index is 13.4. The molecule has 27 heavy (non-hydrogen) atoms. The van der Waals surface area contributed by atoms with Crippen molar-refractivity contribution in [3.63, 3.8) is 0 Å². The van der Waals surface area contributed by atoms with Crippen LogP contribution in [0, 0.1) is 19.7 Å². The van der Waals surface area contributed by atoms with Crippen molar-refractivity contribution < 1.29 is 18.7 Å². The molecule has 0 radical (unpaired) electrons. The minimum Gasteiger partial charge on any atom is -0.383 e. The highest BCUT2D eigenvalue weighted by molar-refractivity contribution is 6.07. The van der Waals surface area contributed by atoms with E-state index in [2.05, 4.69) is 0 Å². The summed E-state index contributed by atoms with van der Waals surface area (Å²) in [4.78, 5) is 29.3. The van der Waals surface area contributed by atoms with Crippen LogP contribution in [0.5, 0.6) is 0 Å². The Bertz CT molecular complexity index is 851. The van der Waals surface area contributed by atoms with Gasteiger partial charge >= 0.3 is 0 Å². The monoisotopic (exact) mass is 370 g/mol. The summed E-state index contributed by atoms with van der Waals surface area (Å²) in [7, 11) is 1.55. The van der Waals surface area contributed by atoms with Crippen molar-refractivity contribution in [1.82, 2.24) is 4.90 Å². The molecule has 1 aliphatic rings. The normalized spacial score (nSPS) is 17.6. The number of hydrogen-bond donors (Lipinski definition) is 0. The zero-order valence-electron chi connectivity index (χ0n) is 15.7.